The van der Waals surface area contributed by atoms with Crippen molar-refractivity contribution in [1.82, 2.24) is 34.1 Å². The molecule has 10 heteroatoms. The van der Waals surface area contributed by atoms with Crippen molar-refractivity contribution < 1.29 is 0 Å². The summed E-state index contributed by atoms with van der Waals surface area (Å²) in [4.78, 5) is 34.5. The molecule has 0 aliphatic heterocycles. The van der Waals surface area contributed by atoms with Crippen molar-refractivity contribution in [2.45, 2.75) is 6.92 Å². The van der Waals surface area contributed by atoms with E-state index in [0.717, 1.165) is 36.9 Å². The average molecular weight is 443 g/mol. The number of pyridine rings is 1. The minimum Gasteiger partial charge on any atom is -0.306 e. The van der Waals surface area contributed by atoms with Crippen LogP contribution in [-0.2, 0) is 14.1 Å². The first-order chi connectivity index (χ1) is 15.4. The number of hydrogen-bond donors (Lipinski definition) is 1. The molecule has 0 atom stereocenters. The number of H-pyrrole nitrogens is 1. The molecule has 1 N–H and O–H groups in total. The lowest BCUT2D eigenvalue weighted by Gasteiger charge is -2.06. The minimum absolute atomic E-state index is 0.383. The third kappa shape index (κ3) is 2.53. The highest BCUT2D eigenvalue weighted by Gasteiger charge is 2.19. The van der Waals surface area contributed by atoms with E-state index in [2.05, 4.69) is 20.2 Å². The lowest BCUT2D eigenvalue weighted by atomic mass is 10.0. The largest absolute Gasteiger partial charge is 0.333 e. The van der Waals surface area contributed by atoms with Crippen molar-refractivity contribution in [1.29, 1.82) is 0 Å². The highest BCUT2D eigenvalue weighted by molar-refractivity contribution is 7.22. The first-order valence-electron chi connectivity index (χ1n) is 9.90. The SMILES string of the molecule is Cc1ccc2nn(C)cc2c1-c1cc2[nH]c(=O)n(-c3cncc4cnn(C)c34)c(=O)c2s1. The van der Waals surface area contributed by atoms with Gasteiger partial charge in [-0.05, 0) is 24.6 Å². The molecule has 0 unspecified atom stereocenters. The normalized spacial score (nSPS) is 11.8. The second-order valence-corrected chi connectivity index (χ2v) is 8.83. The van der Waals surface area contributed by atoms with Gasteiger partial charge >= 0.3 is 5.69 Å². The van der Waals surface area contributed by atoms with E-state index in [9.17, 15) is 9.59 Å². The van der Waals surface area contributed by atoms with Crippen LogP contribution in [-0.4, -0.2) is 34.1 Å². The molecule has 0 bridgehead atoms. The summed E-state index contributed by atoms with van der Waals surface area (Å²) in [6.07, 6.45) is 6.80. The maximum atomic E-state index is 13.5. The summed E-state index contributed by atoms with van der Waals surface area (Å²) in [6, 6.07) is 5.87. The molecule has 5 aromatic heterocycles. The van der Waals surface area contributed by atoms with Crippen molar-refractivity contribution in [3.63, 3.8) is 0 Å². The number of benzene rings is 1. The highest BCUT2D eigenvalue weighted by atomic mass is 32.1. The molecule has 0 fully saturated rings. The standard InChI is InChI=1S/C22H17N7O2S/c1-11-4-5-14-13(10-27(2)26-14)18(11)17-6-15-20(32-17)21(30)29(22(31)25-15)16-9-23-7-12-8-24-28(3)19(12)16/h4-10H,1-3H3,(H,25,31). The second-order valence-electron chi connectivity index (χ2n) is 7.78. The molecule has 32 heavy (non-hydrogen) atoms. The molecule has 0 amide bonds. The molecule has 0 saturated heterocycles. The van der Waals surface area contributed by atoms with Crippen LogP contribution in [0.5, 0.6) is 0 Å². The molecule has 5 heterocycles. The Morgan fingerprint density at radius 3 is 2.78 bits per heavy atom. The van der Waals surface area contributed by atoms with E-state index in [4.69, 9.17) is 0 Å². The predicted molar refractivity (Wildman–Crippen MR) is 125 cm³/mol. The summed E-state index contributed by atoms with van der Waals surface area (Å²) in [7, 11) is 3.65. The van der Waals surface area contributed by atoms with Crippen molar-refractivity contribution in [3.8, 4) is 16.1 Å². The van der Waals surface area contributed by atoms with E-state index in [1.807, 2.05) is 38.4 Å². The Morgan fingerprint density at radius 2 is 1.94 bits per heavy atom. The number of aromatic nitrogens is 7. The predicted octanol–water partition coefficient (Wildman–Crippen LogP) is 2.88. The van der Waals surface area contributed by atoms with Crippen LogP contribution in [0.1, 0.15) is 5.56 Å². The summed E-state index contributed by atoms with van der Waals surface area (Å²) in [6.45, 7) is 2.03. The summed E-state index contributed by atoms with van der Waals surface area (Å²) in [5, 5.41) is 10.5. The Bertz CT molecular complexity index is 1820. The van der Waals surface area contributed by atoms with Gasteiger partial charge in [-0.1, -0.05) is 6.07 Å². The molecule has 0 aliphatic carbocycles. The van der Waals surface area contributed by atoms with Gasteiger partial charge in [0.05, 0.1) is 34.6 Å². The average Bonchev–Trinajstić information content (AvgIpc) is 3.45. The molecule has 1 aromatic carbocycles. The lowest BCUT2D eigenvalue weighted by Crippen LogP contribution is -2.33. The number of aromatic amines is 1. The fourth-order valence-corrected chi connectivity index (χ4v) is 5.44. The van der Waals surface area contributed by atoms with Gasteiger partial charge < -0.3 is 4.98 Å². The van der Waals surface area contributed by atoms with Gasteiger partial charge in [0.1, 0.15) is 4.70 Å². The van der Waals surface area contributed by atoms with Crippen LogP contribution >= 0.6 is 11.3 Å². The summed E-state index contributed by atoms with van der Waals surface area (Å²) in [5.41, 5.74) is 3.65. The number of thiophene rings is 1. The Kier molecular flexibility index (Phi) is 3.78. The van der Waals surface area contributed by atoms with E-state index in [1.165, 1.54) is 17.5 Å². The molecule has 0 spiro atoms. The van der Waals surface area contributed by atoms with E-state index < -0.39 is 5.69 Å². The van der Waals surface area contributed by atoms with Crippen LogP contribution in [0.25, 0.3) is 48.2 Å². The molecule has 158 valence electrons. The Labute approximate surface area is 184 Å². The zero-order valence-electron chi connectivity index (χ0n) is 17.4. The Morgan fingerprint density at radius 1 is 1.09 bits per heavy atom. The number of nitrogens with one attached hydrogen (secondary N) is 1. The smallest absolute Gasteiger partial charge is 0.306 e. The molecular formula is C22H17N7O2S. The van der Waals surface area contributed by atoms with Crippen LogP contribution in [0.4, 0.5) is 0 Å². The third-order valence-corrected chi connectivity index (χ3v) is 6.83. The van der Waals surface area contributed by atoms with Crippen molar-refractivity contribution >= 4 is 43.4 Å². The van der Waals surface area contributed by atoms with Crippen LogP contribution in [0.2, 0.25) is 0 Å². The quantitative estimate of drug-likeness (QED) is 0.443. The zero-order valence-corrected chi connectivity index (χ0v) is 18.3. The topological polar surface area (TPSA) is 103 Å². The number of aryl methyl sites for hydroxylation is 3. The fraction of sp³-hybridized carbons (Fsp3) is 0.136. The first kappa shape index (κ1) is 18.7. The number of nitrogens with zero attached hydrogens (tertiary/aromatic N) is 6. The van der Waals surface area contributed by atoms with Gasteiger partial charge in [-0.2, -0.15) is 10.2 Å². The van der Waals surface area contributed by atoms with E-state index in [-0.39, 0.29) is 5.56 Å². The molecular weight excluding hydrogens is 426 g/mol. The van der Waals surface area contributed by atoms with Crippen molar-refractivity contribution in [3.05, 3.63) is 69.4 Å². The van der Waals surface area contributed by atoms with Crippen molar-refractivity contribution in [2.24, 2.45) is 14.1 Å². The van der Waals surface area contributed by atoms with Crippen LogP contribution in [0, 0.1) is 6.92 Å². The molecule has 0 aliphatic rings. The molecule has 0 radical (unpaired) electrons. The molecule has 0 saturated carbocycles. The van der Waals surface area contributed by atoms with Gasteiger partial charge in [0.15, 0.2) is 0 Å². The van der Waals surface area contributed by atoms with Crippen LogP contribution in [0.3, 0.4) is 0 Å². The van der Waals surface area contributed by atoms with Gasteiger partial charge in [0, 0.05) is 47.7 Å². The summed E-state index contributed by atoms with van der Waals surface area (Å²) >= 11 is 1.36. The fourth-order valence-electron chi connectivity index (χ4n) is 4.27. The molecule has 9 nitrogen and oxygen atoms in total. The molecule has 6 rings (SSSR count). The number of hydrogen-bond acceptors (Lipinski definition) is 6. The first-order valence-corrected chi connectivity index (χ1v) is 10.7. The highest BCUT2D eigenvalue weighted by Crippen LogP contribution is 2.37. The maximum Gasteiger partial charge on any atom is 0.333 e. The van der Waals surface area contributed by atoms with Gasteiger partial charge in [0.2, 0.25) is 0 Å². The summed E-state index contributed by atoms with van der Waals surface area (Å²) < 4.78 is 5.02. The Balaban J connectivity index is 1.66. The van der Waals surface area contributed by atoms with E-state index >= 15 is 0 Å². The van der Waals surface area contributed by atoms with Gasteiger partial charge in [-0.25, -0.2) is 9.36 Å². The lowest BCUT2D eigenvalue weighted by molar-refractivity contribution is 0.780. The second kappa shape index (κ2) is 6.47. The number of rotatable bonds is 2. The van der Waals surface area contributed by atoms with Gasteiger partial charge in [-0.15, -0.1) is 11.3 Å². The zero-order chi connectivity index (χ0) is 22.1. The molecule has 6 aromatic rings. The number of fused-ring (bicyclic) bond motifs is 3. The van der Waals surface area contributed by atoms with E-state index in [1.54, 1.807) is 28.8 Å². The van der Waals surface area contributed by atoms with Crippen LogP contribution in [0.15, 0.2) is 52.6 Å². The van der Waals surface area contributed by atoms with Crippen LogP contribution < -0.4 is 11.2 Å². The maximum absolute atomic E-state index is 13.5. The third-order valence-electron chi connectivity index (χ3n) is 5.69. The summed E-state index contributed by atoms with van der Waals surface area (Å²) in [5.74, 6) is 0. The monoisotopic (exact) mass is 443 g/mol. The Hall–Kier alpha value is -4.05. The van der Waals surface area contributed by atoms with Gasteiger partial charge in [-0.3, -0.25) is 19.1 Å². The van der Waals surface area contributed by atoms with E-state index in [0.29, 0.717) is 21.4 Å². The minimum atomic E-state index is -0.515. The van der Waals surface area contributed by atoms with Gasteiger partial charge in [0.25, 0.3) is 5.56 Å². The van der Waals surface area contributed by atoms with Crippen molar-refractivity contribution in [2.75, 3.05) is 0 Å².